The van der Waals surface area contributed by atoms with Gasteiger partial charge >= 0.3 is 0 Å². The number of amides is 1. The van der Waals surface area contributed by atoms with Gasteiger partial charge in [-0.25, -0.2) is 0 Å². The first-order valence-corrected chi connectivity index (χ1v) is 6.96. The molecule has 1 atom stereocenters. The van der Waals surface area contributed by atoms with E-state index in [9.17, 15) is 4.79 Å². The molecular formula is C14H19ClN2O3. The van der Waals surface area contributed by atoms with E-state index >= 15 is 0 Å². The number of piperidine rings is 1. The third-order valence-corrected chi connectivity index (χ3v) is 3.69. The number of methoxy groups -OCH3 is 2. The molecule has 1 aromatic carbocycles. The molecule has 5 nitrogen and oxygen atoms in total. The molecule has 1 aromatic rings. The number of ether oxygens (including phenoxy) is 2. The van der Waals surface area contributed by atoms with Gasteiger partial charge in [0.15, 0.2) is 0 Å². The van der Waals surface area contributed by atoms with Crippen LogP contribution in [0.5, 0.6) is 11.5 Å². The lowest BCUT2D eigenvalue weighted by Gasteiger charge is -2.22. The van der Waals surface area contributed by atoms with Gasteiger partial charge in [-0.1, -0.05) is 11.6 Å². The van der Waals surface area contributed by atoms with Gasteiger partial charge in [-0.3, -0.25) is 4.79 Å². The van der Waals surface area contributed by atoms with Gasteiger partial charge < -0.3 is 20.1 Å². The summed E-state index contributed by atoms with van der Waals surface area (Å²) >= 11 is 6.04. The molecule has 0 aliphatic carbocycles. The second-order valence-electron chi connectivity index (χ2n) is 4.72. The highest BCUT2D eigenvalue weighted by molar-refractivity contribution is 6.32. The normalized spacial score (nSPS) is 18.4. The molecule has 20 heavy (non-hydrogen) atoms. The quantitative estimate of drug-likeness (QED) is 0.895. The van der Waals surface area contributed by atoms with E-state index in [1.807, 2.05) is 0 Å². The van der Waals surface area contributed by atoms with Gasteiger partial charge in [0.25, 0.3) is 0 Å². The van der Waals surface area contributed by atoms with Crippen LogP contribution in [-0.2, 0) is 4.79 Å². The van der Waals surface area contributed by atoms with Crippen LogP contribution in [0.15, 0.2) is 12.1 Å². The monoisotopic (exact) mass is 298 g/mol. The van der Waals surface area contributed by atoms with Gasteiger partial charge in [0.2, 0.25) is 5.91 Å². The fourth-order valence-electron chi connectivity index (χ4n) is 2.27. The molecule has 6 heteroatoms. The van der Waals surface area contributed by atoms with Crippen LogP contribution in [0.3, 0.4) is 0 Å². The van der Waals surface area contributed by atoms with Crippen molar-refractivity contribution in [1.29, 1.82) is 0 Å². The van der Waals surface area contributed by atoms with Crippen LogP contribution in [-0.4, -0.2) is 33.2 Å². The minimum absolute atomic E-state index is 0.0140. The molecule has 1 aliphatic heterocycles. The van der Waals surface area contributed by atoms with Crippen LogP contribution in [0.2, 0.25) is 5.02 Å². The Morgan fingerprint density at radius 1 is 1.35 bits per heavy atom. The highest BCUT2D eigenvalue weighted by atomic mass is 35.5. The Bertz CT molecular complexity index is 488. The summed E-state index contributed by atoms with van der Waals surface area (Å²) in [6.07, 6.45) is 1.91. The molecule has 1 fully saturated rings. The Kier molecular flexibility index (Phi) is 5.09. The summed E-state index contributed by atoms with van der Waals surface area (Å²) in [5, 5.41) is 6.56. The zero-order chi connectivity index (χ0) is 14.5. The number of hydrogen-bond acceptors (Lipinski definition) is 4. The molecule has 0 radical (unpaired) electrons. The van der Waals surface area contributed by atoms with E-state index in [-0.39, 0.29) is 11.8 Å². The van der Waals surface area contributed by atoms with Gasteiger partial charge in [-0.15, -0.1) is 0 Å². The maximum absolute atomic E-state index is 12.2. The molecule has 0 saturated carbocycles. The first-order valence-electron chi connectivity index (χ1n) is 6.58. The van der Waals surface area contributed by atoms with Crippen LogP contribution < -0.4 is 20.1 Å². The maximum Gasteiger partial charge on any atom is 0.228 e. The van der Waals surface area contributed by atoms with Gasteiger partial charge in [0.1, 0.15) is 11.5 Å². The Morgan fingerprint density at radius 3 is 2.70 bits per heavy atom. The van der Waals surface area contributed by atoms with E-state index in [2.05, 4.69) is 10.6 Å². The second-order valence-corrected chi connectivity index (χ2v) is 5.13. The molecule has 0 bridgehead atoms. The first-order chi connectivity index (χ1) is 9.65. The highest BCUT2D eigenvalue weighted by Gasteiger charge is 2.22. The minimum atomic E-state index is -0.0184. The van der Waals surface area contributed by atoms with Crippen molar-refractivity contribution < 1.29 is 14.3 Å². The SMILES string of the molecule is COc1cc(NC(=O)C2CCCNC2)c(OC)cc1Cl. The van der Waals surface area contributed by atoms with E-state index in [0.29, 0.717) is 28.8 Å². The van der Waals surface area contributed by atoms with E-state index in [1.54, 1.807) is 12.1 Å². The molecule has 1 aliphatic rings. The predicted octanol–water partition coefficient (Wildman–Crippen LogP) is 2.30. The smallest absolute Gasteiger partial charge is 0.228 e. The van der Waals surface area contributed by atoms with Gasteiger partial charge in [0, 0.05) is 18.7 Å². The number of anilines is 1. The number of carbonyl (C=O) groups excluding carboxylic acids is 1. The maximum atomic E-state index is 12.2. The largest absolute Gasteiger partial charge is 0.495 e. The zero-order valence-corrected chi connectivity index (χ0v) is 12.4. The second kappa shape index (κ2) is 6.81. The Morgan fingerprint density at radius 2 is 2.10 bits per heavy atom. The summed E-state index contributed by atoms with van der Waals surface area (Å²) in [6, 6.07) is 3.31. The zero-order valence-electron chi connectivity index (χ0n) is 11.7. The van der Waals surface area contributed by atoms with Crippen molar-refractivity contribution in [2.75, 3.05) is 32.6 Å². The molecule has 1 unspecified atom stereocenters. The van der Waals surface area contributed by atoms with Crippen molar-refractivity contribution in [2.45, 2.75) is 12.8 Å². The van der Waals surface area contributed by atoms with Crippen LogP contribution in [0.1, 0.15) is 12.8 Å². The summed E-state index contributed by atoms with van der Waals surface area (Å²) < 4.78 is 10.4. The molecular weight excluding hydrogens is 280 g/mol. The summed E-state index contributed by atoms with van der Waals surface area (Å²) in [7, 11) is 3.07. The number of benzene rings is 1. The Labute approximate surface area is 123 Å². The third-order valence-electron chi connectivity index (χ3n) is 3.40. The van der Waals surface area contributed by atoms with Gasteiger partial charge in [-0.2, -0.15) is 0 Å². The molecule has 1 amide bonds. The fraction of sp³-hybridized carbons (Fsp3) is 0.500. The molecule has 1 saturated heterocycles. The van der Waals surface area contributed by atoms with Crippen LogP contribution in [0, 0.1) is 5.92 Å². The Balaban J connectivity index is 2.16. The number of halogens is 1. The van der Waals surface area contributed by atoms with Crippen LogP contribution in [0.4, 0.5) is 5.69 Å². The highest BCUT2D eigenvalue weighted by Crippen LogP contribution is 2.36. The standard InChI is InChI=1S/C14H19ClN2O3/c1-19-12-7-11(13(20-2)6-10(12)15)17-14(18)9-4-3-5-16-8-9/h6-7,9,16H,3-5,8H2,1-2H3,(H,17,18). The van der Waals surface area contributed by atoms with E-state index in [4.69, 9.17) is 21.1 Å². The fourth-order valence-corrected chi connectivity index (χ4v) is 2.50. The number of nitrogens with one attached hydrogen (secondary N) is 2. The predicted molar refractivity (Wildman–Crippen MR) is 78.8 cm³/mol. The van der Waals surface area contributed by atoms with E-state index < -0.39 is 0 Å². The van der Waals surface area contributed by atoms with E-state index in [1.165, 1.54) is 14.2 Å². The van der Waals surface area contributed by atoms with Crippen molar-refractivity contribution in [3.8, 4) is 11.5 Å². The molecule has 0 aromatic heterocycles. The Hall–Kier alpha value is -1.46. The van der Waals surface area contributed by atoms with Gasteiger partial charge in [0.05, 0.1) is 30.8 Å². The summed E-state index contributed by atoms with van der Waals surface area (Å²) in [5.41, 5.74) is 0.573. The number of rotatable bonds is 4. The van der Waals surface area contributed by atoms with E-state index in [0.717, 1.165) is 19.4 Å². The van der Waals surface area contributed by atoms with Crippen LogP contribution in [0.25, 0.3) is 0 Å². The first kappa shape index (κ1) is 14.9. The summed E-state index contributed by atoms with van der Waals surface area (Å²) in [6.45, 7) is 1.68. The number of hydrogen-bond donors (Lipinski definition) is 2. The third kappa shape index (κ3) is 3.35. The summed E-state index contributed by atoms with van der Waals surface area (Å²) in [5.74, 6) is 0.993. The lowest BCUT2D eigenvalue weighted by atomic mass is 9.99. The molecule has 2 N–H and O–H groups in total. The average Bonchev–Trinajstić information content (AvgIpc) is 2.49. The molecule has 2 rings (SSSR count). The minimum Gasteiger partial charge on any atom is -0.495 e. The van der Waals surface area contributed by atoms with Crippen LogP contribution >= 0.6 is 11.6 Å². The molecule has 0 spiro atoms. The van der Waals surface area contributed by atoms with Gasteiger partial charge in [-0.05, 0) is 19.4 Å². The molecule has 1 heterocycles. The van der Waals surface area contributed by atoms with Crippen molar-refractivity contribution in [1.82, 2.24) is 5.32 Å². The average molecular weight is 299 g/mol. The molecule has 110 valence electrons. The van der Waals surface area contributed by atoms with Crippen molar-refractivity contribution in [2.24, 2.45) is 5.92 Å². The van der Waals surface area contributed by atoms with Crippen molar-refractivity contribution in [3.05, 3.63) is 17.2 Å². The lowest BCUT2D eigenvalue weighted by molar-refractivity contribution is -0.120. The van der Waals surface area contributed by atoms with Crippen molar-refractivity contribution in [3.63, 3.8) is 0 Å². The topological polar surface area (TPSA) is 59.6 Å². The van der Waals surface area contributed by atoms with Crippen molar-refractivity contribution >= 4 is 23.2 Å². The number of carbonyl (C=O) groups is 1. The summed E-state index contributed by atoms with van der Waals surface area (Å²) in [4.78, 5) is 12.2. The lowest BCUT2D eigenvalue weighted by Crippen LogP contribution is -2.37.